The van der Waals surface area contributed by atoms with Crippen LogP contribution in [0.25, 0.3) is 5.69 Å². The van der Waals surface area contributed by atoms with E-state index >= 15 is 0 Å². The Balaban J connectivity index is 0.000000317. The van der Waals surface area contributed by atoms with Crippen LogP contribution in [0.2, 0.25) is 5.02 Å². The maximum absolute atomic E-state index is 13.1. The summed E-state index contributed by atoms with van der Waals surface area (Å²) in [5, 5.41) is 13.9. The Morgan fingerprint density at radius 1 is 1.04 bits per heavy atom. The summed E-state index contributed by atoms with van der Waals surface area (Å²) in [7, 11) is -5.06. The molecule has 2 aromatic heterocycles. The number of methoxy groups -OCH3 is 1. The van der Waals surface area contributed by atoms with Gasteiger partial charge in [0.1, 0.15) is 31.4 Å². The summed E-state index contributed by atoms with van der Waals surface area (Å²) in [5.41, 5.74) is -1.39. The second-order valence-electron chi connectivity index (χ2n) is 15.9. The van der Waals surface area contributed by atoms with Crippen molar-refractivity contribution < 1.29 is 74.2 Å². The summed E-state index contributed by atoms with van der Waals surface area (Å²) >= 11 is 5.84. The number of nitrogens with zero attached hydrogens (tertiary/aromatic N) is 3. The Morgan fingerprint density at radius 2 is 1.66 bits per heavy atom. The smallest absolute Gasteiger partial charge is 0.431 e. The van der Waals surface area contributed by atoms with Crippen molar-refractivity contribution in [3.05, 3.63) is 132 Å². The molecule has 0 amide bonds. The molecule has 0 saturated heterocycles. The average molecular weight is 1080 g/mol. The van der Waals surface area contributed by atoms with E-state index < -0.39 is 77.2 Å². The van der Waals surface area contributed by atoms with Crippen molar-refractivity contribution in [3.63, 3.8) is 0 Å². The van der Waals surface area contributed by atoms with Gasteiger partial charge < -0.3 is 38.2 Å². The van der Waals surface area contributed by atoms with E-state index in [4.69, 9.17) is 40.3 Å². The number of carbonyl (C=O) groups excluding carboxylic acids is 2. The fraction of sp³-hybridized carbons (Fsp3) is 0.378. The molecular formula is C45H53ClF3N4O15PS2. The fourth-order valence-corrected chi connectivity index (χ4v) is 7.47. The number of ether oxygens (including phenoxy) is 3. The molecule has 1 aliphatic carbocycles. The van der Waals surface area contributed by atoms with E-state index in [1.807, 2.05) is 30.4 Å². The van der Waals surface area contributed by atoms with E-state index in [0.29, 0.717) is 54.5 Å². The number of aromatic nitrogens is 3. The number of hydrogen-bond acceptors (Lipinski definition) is 15. The first kappa shape index (κ1) is 59.6. The number of benzene rings is 3. The van der Waals surface area contributed by atoms with Crippen molar-refractivity contribution >= 4 is 57.7 Å². The molecule has 0 spiro atoms. The second kappa shape index (κ2) is 26.1. The van der Waals surface area contributed by atoms with Gasteiger partial charge >= 0.3 is 23.8 Å². The van der Waals surface area contributed by atoms with Gasteiger partial charge in [0.05, 0.1) is 61.1 Å². The molecule has 0 radical (unpaired) electrons. The molecule has 0 aliphatic heterocycles. The molecule has 388 valence electrons. The summed E-state index contributed by atoms with van der Waals surface area (Å²) < 4.78 is 95.3. The highest BCUT2D eigenvalue weighted by molar-refractivity contribution is 7.94. The number of esters is 1. The molecule has 2 heterocycles. The number of halogens is 4. The first-order valence-corrected chi connectivity index (χ1v) is 27.4. The normalized spacial score (nSPS) is 13.5. The lowest BCUT2D eigenvalue weighted by molar-refractivity contribution is -0.193. The van der Waals surface area contributed by atoms with Crippen molar-refractivity contribution in [2.45, 2.75) is 62.8 Å². The zero-order valence-electron chi connectivity index (χ0n) is 39.6. The summed E-state index contributed by atoms with van der Waals surface area (Å²) in [5.74, 6) is -0.520. The molecule has 71 heavy (non-hydrogen) atoms. The van der Waals surface area contributed by atoms with Crippen LogP contribution in [0, 0.1) is 0 Å². The van der Waals surface area contributed by atoms with Gasteiger partial charge in [0.25, 0.3) is 5.56 Å². The van der Waals surface area contributed by atoms with E-state index in [2.05, 4.69) is 23.9 Å². The zero-order chi connectivity index (χ0) is 53.6. The molecule has 1 saturated carbocycles. The van der Waals surface area contributed by atoms with Crippen LogP contribution in [0.1, 0.15) is 71.1 Å². The highest BCUT2D eigenvalue weighted by Gasteiger charge is 2.36. The maximum Gasteiger partial charge on any atom is 0.431 e. The summed E-state index contributed by atoms with van der Waals surface area (Å²) in [4.78, 5) is 76.8. The van der Waals surface area contributed by atoms with Gasteiger partial charge in [-0.1, -0.05) is 35.8 Å². The van der Waals surface area contributed by atoms with E-state index in [0.717, 1.165) is 38.1 Å². The number of sulfone groups is 1. The SMILES string of the molecule is CCc1ccc(COc2ccc(-n3c(=O)cc(C(F)(F)F)n(C)c3=O)cc2)c(OC(C)C(=O)OC)c1.CS(=O)(=O)c1cc(Cl)ccc1C(=O)c1cnoc1C1CC1.C[S+](C)C.O=C(O)CNCP(=O)([O-])O. The molecule has 6 rings (SSSR count). The first-order valence-electron chi connectivity index (χ1n) is 20.9. The lowest BCUT2D eigenvalue weighted by Gasteiger charge is -2.17. The molecular weight excluding hydrogens is 1020 g/mol. The van der Waals surface area contributed by atoms with Gasteiger partial charge in [0.2, 0.25) is 0 Å². The van der Waals surface area contributed by atoms with Crippen LogP contribution in [-0.4, -0.2) is 101 Å². The third-order valence-corrected chi connectivity index (χ3v) is 11.4. The van der Waals surface area contributed by atoms with Crippen molar-refractivity contribution in [3.8, 4) is 17.2 Å². The molecule has 1 aliphatic rings. The summed E-state index contributed by atoms with van der Waals surface area (Å²) in [6.07, 6.45) is 5.26. The van der Waals surface area contributed by atoms with Crippen LogP contribution in [0.4, 0.5) is 13.2 Å². The second-order valence-corrected chi connectivity index (χ2v) is 22.3. The Hall–Kier alpha value is -5.75. The number of carbonyl (C=O) groups is 3. The standard InChI is InChI=1S/C25H25F3N2O6.C14H12ClNO4S.C3H8NO5P.C3H9S/c1-5-16-6-7-17(20(12-16)36-15(2)23(32)34-4)14-35-19-10-8-18(9-11-19)30-22(31)13-21(25(26,27)28)29(3)24(30)33;1-21(18,19)12-6-9(15)4-5-10(12)13(17)11-7-16-20-14(11)8-2-3-8;5-3(6)1-4-2-10(7,8)9;1-4(2)3/h6-13,15H,5,14H2,1-4H3;4-8H,2-3H2,1H3;4H,1-2H2,(H,5,6)(H2,7,8,9);1-3H3/q;;;+1/p-1. The largest absolute Gasteiger partial charge is 0.778 e. The number of hydrogen-bond donors (Lipinski definition) is 3. The molecule has 19 nitrogen and oxygen atoms in total. The average Bonchev–Trinajstić information content (AvgIpc) is 4.01. The van der Waals surface area contributed by atoms with Crippen molar-refractivity contribution in [2.75, 3.05) is 45.0 Å². The van der Waals surface area contributed by atoms with Gasteiger partial charge in [-0.3, -0.25) is 24.3 Å². The van der Waals surface area contributed by atoms with Gasteiger partial charge in [0.15, 0.2) is 27.5 Å². The minimum Gasteiger partial charge on any atom is -0.778 e. The Bertz CT molecular complexity index is 2930. The van der Waals surface area contributed by atoms with Crippen LogP contribution >= 0.6 is 19.2 Å². The van der Waals surface area contributed by atoms with Crippen molar-refractivity contribution in [2.24, 2.45) is 7.05 Å². The van der Waals surface area contributed by atoms with Gasteiger partial charge in [-0.2, -0.15) is 13.2 Å². The van der Waals surface area contributed by atoms with Crippen LogP contribution in [0.3, 0.4) is 0 Å². The first-order chi connectivity index (χ1) is 33.0. The highest BCUT2D eigenvalue weighted by Crippen LogP contribution is 2.42. The lowest BCUT2D eigenvalue weighted by Crippen LogP contribution is -2.40. The summed E-state index contributed by atoms with van der Waals surface area (Å²) in [6.45, 7) is 3.15. The van der Waals surface area contributed by atoms with Crippen LogP contribution in [0.15, 0.2) is 91.9 Å². The molecule has 3 aromatic carbocycles. The molecule has 3 N–H and O–H groups in total. The molecule has 1 fully saturated rings. The van der Waals surface area contributed by atoms with E-state index in [9.17, 15) is 55.0 Å². The molecule has 0 bridgehead atoms. The lowest BCUT2D eigenvalue weighted by atomic mass is 10.0. The van der Waals surface area contributed by atoms with Gasteiger partial charge in [0, 0.05) is 41.4 Å². The van der Waals surface area contributed by atoms with Crippen LogP contribution in [0.5, 0.6) is 11.5 Å². The molecule has 2 atom stereocenters. The number of carboxylic acids is 1. The minimum atomic E-state index is -4.84. The Morgan fingerprint density at radius 3 is 2.18 bits per heavy atom. The monoisotopic (exact) mass is 1080 g/mol. The minimum absolute atomic E-state index is 0.0779. The molecule has 5 aromatic rings. The number of carboxylic acid groups (broad SMARTS) is 1. The van der Waals surface area contributed by atoms with Crippen LogP contribution < -0.4 is 30.9 Å². The number of aryl methyl sites for hydroxylation is 1. The fourth-order valence-electron chi connectivity index (χ4n) is 5.94. The molecule has 26 heteroatoms. The van der Waals surface area contributed by atoms with E-state index in [1.54, 1.807) is 6.92 Å². The molecule has 2 unspecified atom stereocenters. The third-order valence-electron chi connectivity index (χ3n) is 9.44. The Kier molecular flexibility index (Phi) is 21.9. The van der Waals surface area contributed by atoms with Gasteiger partial charge in [-0.05, 0) is 91.2 Å². The number of rotatable bonds is 16. The zero-order valence-corrected chi connectivity index (χ0v) is 42.9. The van der Waals surface area contributed by atoms with E-state index in [-0.39, 0.29) is 33.7 Å². The number of nitrogens with one attached hydrogen (secondary N) is 1. The van der Waals surface area contributed by atoms with E-state index in [1.165, 1.54) is 55.8 Å². The number of alkyl halides is 3. The van der Waals surface area contributed by atoms with Gasteiger partial charge in [-0.15, -0.1) is 0 Å². The third kappa shape index (κ3) is 18.7. The van der Waals surface area contributed by atoms with Crippen molar-refractivity contribution in [1.82, 2.24) is 19.6 Å². The summed E-state index contributed by atoms with van der Waals surface area (Å²) in [6, 6.07) is 15.9. The van der Waals surface area contributed by atoms with Crippen molar-refractivity contribution in [1.29, 1.82) is 0 Å². The number of aliphatic carboxylic acids is 1. The van der Waals surface area contributed by atoms with Gasteiger partial charge in [-0.25, -0.2) is 22.6 Å². The quantitative estimate of drug-likeness (QED) is 0.0500. The highest BCUT2D eigenvalue weighted by atomic mass is 35.5. The number of ketones is 1. The predicted octanol–water partition coefficient (Wildman–Crippen LogP) is 5.13. The Labute approximate surface area is 414 Å². The van der Waals surface area contributed by atoms with Crippen LogP contribution in [-0.2, 0) is 65.9 Å². The maximum atomic E-state index is 13.1. The predicted molar refractivity (Wildman–Crippen MR) is 256 cm³/mol. The topological polar surface area (TPSA) is 276 Å².